The van der Waals surface area contributed by atoms with E-state index in [4.69, 9.17) is 30.5 Å². The van der Waals surface area contributed by atoms with Crippen molar-refractivity contribution in [1.82, 2.24) is 0 Å². The van der Waals surface area contributed by atoms with Gasteiger partial charge in [-0.3, -0.25) is 0 Å². The van der Waals surface area contributed by atoms with Gasteiger partial charge in [-0.1, -0.05) is 96.7 Å². The number of hydrogen-bond donors (Lipinski definition) is 0. The zero-order valence-corrected chi connectivity index (χ0v) is 22.1. The molecule has 0 N–H and O–H groups in total. The highest BCUT2D eigenvalue weighted by Crippen LogP contribution is 2.45. The van der Waals surface area contributed by atoms with Gasteiger partial charge >= 0.3 is 0 Å². The molecule has 202 valence electrons. The summed E-state index contributed by atoms with van der Waals surface area (Å²) < 4.78 is 228. The van der Waals surface area contributed by atoms with Gasteiger partial charge in [0.15, 0.2) is 0 Å². The Morgan fingerprint density at radius 3 is 2.12 bits per heavy atom. The van der Waals surface area contributed by atoms with Gasteiger partial charge in [0.2, 0.25) is 0 Å². The van der Waals surface area contributed by atoms with Crippen molar-refractivity contribution < 1.29 is 38.7 Å². The number of benzene rings is 7. The summed E-state index contributed by atoms with van der Waals surface area (Å²) in [6, 6.07) is -21.8. The van der Waals surface area contributed by atoms with E-state index in [0.717, 1.165) is 0 Å². The molecule has 9 rings (SSSR count). The largest absolute Gasteiger partial charge is 0.455 e. The second kappa shape index (κ2) is 9.59. The number of rotatable bonds is 4. The van der Waals surface area contributed by atoms with Crippen LogP contribution in [0.3, 0.4) is 0 Å². The third-order valence-electron chi connectivity index (χ3n) is 6.70. The summed E-state index contributed by atoms with van der Waals surface area (Å²) in [7, 11) is 0. The van der Waals surface area contributed by atoms with E-state index in [1.54, 1.807) is 0 Å². The zero-order chi connectivity index (χ0) is 50.1. The molecule has 0 fully saturated rings. The van der Waals surface area contributed by atoms with Gasteiger partial charge in [0.1, 0.15) is 11.2 Å². The molecule has 0 aliphatic carbocycles. The summed E-state index contributed by atoms with van der Waals surface area (Å²) >= 11 is 0.674. The second-order valence-corrected chi connectivity index (χ2v) is 10.0. The number of anilines is 3. The molecule has 0 atom stereocenters. The first kappa shape index (κ1) is 10.1. The van der Waals surface area contributed by atoms with Crippen LogP contribution in [0.1, 0.15) is 34.3 Å². The van der Waals surface area contributed by atoms with Crippen molar-refractivity contribution in [3.05, 3.63) is 151 Å². The Labute approximate surface area is 287 Å². The highest BCUT2D eigenvalue weighted by atomic mass is 32.1. The van der Waals surface area contributed by atoms with Gasteiger partial charge in [-0.05, 0) is 70.9 Å². The van der Waals surface area contributed by atoms with Crippen LogP contribution < -0.4 is 4.90 Å². The van der Waals surface area contributed by atoms with Crippen molar-refractivity contribution in [1.29, 1.82) is 0 Å². The van der Waals surface area contributed by atoms with Gasteiger partial charge in [-0.2, -0.15) is 0 Å². The molecular formula is C40H25NOS. The summed E-state index contributed by atoms with van der Waals surface area (Å²) in [6.45, 7) is 0. The van der Waals surface area contributed by atoms with E-state index in [1.165, 1.54) is 0 Å². The van der Waals surface area contributed by atoms with Crippen LogP contribution in [0.2, 0.25) is 0 Å². The maximum Gasteiger partial charge on any atom is 0.143 e. The minimum Gasteiger partial charge on any atom is -0.455 e. The summed E-state index contributed by atoms with van der Waals surface area (Å²) in [5.41, 5.74) is -5.34. The second-order valence-electron chi connectivity index (χ2n) is 9.03. The summed E-state index contributed by atoms with van der Waals surface area (Å²) in [6.07, 6.45) is 0. The lowest BCUT2D eigenvalue weighted by molar-refractivity contribution is 0.672. The van der Waals surface area contributed by atoms with Crippen LogP contribution in [0.5, 0.6) is 0 Å². The van der Waals surface area contributed by atoms with Crippen LogP contribution in [0.25, 0.3) is 64.0 Å². The van der Waals surface area contributed by atoms with Crippen LogP contribution in [-0.4, -0.2) is 0 Å². The third-order valence-corrected chi connectivity index (χ3v) is 7.72. The average Bonchev–Trinajstić information content (AvgIpc) is 3.90. The topological polar surface area (TPSA) is 16.4 Å². The van der Waals surface area contributed by atoms with Crippen LogP contribution >= 0.6 is 11.3 Å². The molecule has 9 aromatic rings. The molecular weight excluding hydrogens is 543 g/mol. The van der Waals surface area contributed by atoms with Crippen molar-refractivity contribution in [2.75, 3.05) is 4.90 Å². The molecule has 0 spiro atoms. The molecule has 0 saturated heterocycles. The maximum atomic E-state index is 9.59. The van der Waals surface area contributed by atoms with E-state index in [9.17, 15) is 8.22 Å². The molecule has 0 unspecified atom stereocenters. The lowest BCUT2D eigenvalue weighted by Crippen LogP contribution is -2.10. The Balaban J connectivity index is 1.52. The van der Waals surface area contributed by atoms with Gasteiger partial charge in [-0.25, -0.2) is 0 Å². The average molecular weight is 593 g/mol. The lowest BCUT2D eigenvalue weighted by atomic mass is 9.99. The molecule has 43 heavy (non-hydrogen) atoms. The van der Waals surface area contributed by atoms with Crippen LogP contribution in [0, 0.1) is 0 Å². The Kier molecular flexibility index (Phi) is 2.26. The Bertz CT molecular complexity index is 3820. The van der Waals surface area contributed by atoms with Gasteiger partial charge in [-0.15, -0.1) is 11.3 Å². The van der Waals surface area contributed by atoms with Crippen LogP contribution in [0.15, 0.2) is 155 Å². The SMILES string of the molecule is [2H]c1c([2H])c([2H])c(N(c2c([2H])c([2H])c(-c3c([2H])c([2H])c([2H])c4sc5c([2H])c([2H])c([2H])c([2H])c5c34)c([2H])c2[2H])c2c([2H])c([2H])c([2H])c3oc4c5c([2H])c([2H])c([2H])c([2H])c5c([2H])c([2H])c4c23)c([2H])c1[2H]. The molecule has 0 saturated carbocycles. The lowest BCUT2D eigenvalue weighted by Gasteiger charge is -2.26. The molecule has 2 nitrogen and oxygen atoms in total. The number of nitrogens with zero attached hydrogens (tertiary/aromatic N) is 1. The van der Waals surface area contributed by atoms with E-state index in [1.807, 2.05) is 0 Å². The third kappa shape index (κ3) is 3.79. The minimum atomic E-state index is -1.13. The van der Waals surface area contributed by atoms with Crippen molar-refractivity contribution >= 4 is 81.3 Å². The van der Waals surface area contributed by atoms with E-state index in [2.05, 4.69) is 0 Å². The Morgan fingerprint density at radius 2 is 1.23 bits per heavy atom. The van der Waals surface area contributed by atoms with E-state index < -0.39 is 212 Å². The molecule has 2 aromatic heterocycles. The molecule has 0 bridgehead atoms. The predicted molar refractivity (Wildman–Crippen MR) is 184 cm³/mol. The number of thiophene rings is 1. The first-order valence-electron chi connectivity index (χ1n) is 25.0. The Morgan fingerprint density at radius 1 is 0.512 bits per heavy atom. The van der Waals surface area contributed by atoms with E-state index in [-0.39, 0.29) is 20.2 Å². The highest BCUT2D eigenvalue weighted by Gasteiger charge is 2.20. The molecule has 0 radical (unpaired) electrons. The number of hydrogen-bond acceptors (Lipinski definition) is 3. The van der Waals surface area contributed by atoms with Gasteiger partial charge < -0.3 is 9.32 Å². The van der Waals surface area contributed by atoms with Gasteiger partial charge in [0, 0.05) is 42.3 Å². The molecule has 0 aliphatic heterocycles. The van der Waals surface area contributed by atoms with Gasteiger partial charge in [0.05, 0.1) is 45.3 Å². The normalized spacial score (nSPS) is 19.9. The molecule has 3 heteroatoms. The monoisotopic (exact) mass is 592 g/mol. The van der Waals surface area contributed by atoms with E-state index >= 15 is 0 Å². The van der Waals surface area contributed by atoms with Crippen molar-refractivity contribution in [3.63, 3.8) is 0 Å². The summed E-state index contributed by atoms with van der Waals surface area (Å²) in [5, 5.41) is -2.63. The minimum absolute atomic E-state index is 0.110. The van der Waals surface area contributed by atoms with Crippen LogP contribution in [0.4, 0.5) is 17.1 Å². The van der Waals surface area contributed by atoms with E-state index in [0.29, 0.717) is 16.2 Å². The van der Waals surface area contributed by atoms with Gasteiger partial charge in [0.25, 0.3) is 0 Å². The number of fused-ring (bicyclic) bond motifs is 8. The fraction of sp³-hybridized carbons (Fsp3) is 0. The maximum absolute atomic E-state index is 9.59. The van der Waals surface area contributed by atoms with Crippen molar-refractivity contribution in [2.45, 2.75) is 0 Å². The zero-order valence-electron chi connectivity index (χ0n) is 46.3. The quantitative estimate of drug-likeness (QED) is 0.202. The van der Waals surface area contributed by atoms with Crippen molar-refractivity contribution in [3.8, 4) is 11.1 Å². The number of furan rings is 1. The standard InChI is InChI=1S/C40H25NOS/c1-2-11-28(12-3-1)41(34-16-9-17-35-39(34)33-25-22-26-10-4-5-13-31(26)40(33)42-35)29-23-20-27(21-24-29)30-15-8-19-37-38(30)32-14-6-7-18-36(32)43-37/h1-25H/i1D,2D,3D,4D,5D,6D,7D,8D,9D,10D,11D,12D,13D,14D,15D,16D,17D,18D,19D,20D,21D,22D,23D,24D,25D. The predicted octanol–water partition coefficient (Wildman–Crippen LogP) is 12.2. The highest BCUT2D eigenvalue weighted by molar-refractivity contribution is 7.25. The smallest absolute Gasteiger partial charge is 0.143 e. The summed E-state index contributed by atoms with van der Waals surface area (Å²) in [5.74, 6) is 0. The molecule has 2 heterocycles. The molecule has 7 aromatic carbocycles. The van der Waals surface area contributed by atoms with Crippen molar-refractivity contribution in [2.24, 2.45) is 0 Å². The number of para-hydroxylation sites is 1. The first-order valence-corrected chi connectivity index (χ1v) is 13.3. The summed E-state index contributed by atoms with van der Waals surface area (Å²) in [4.78, 5) is 0.520. The molecule has 0 aliphatic rings. The fourth-order valence-corrected chi connectivity index (χ4v) is 5.87. The Hall–Kier alpha value is -5.38. The fourth-order valence-electron chi connectivity index (χ4n) is 4.90. The molecule has 0 amide bonds. The first-order chi connectivity index (χ1) is 31.7. The van der Waals surface area contributed by atoms with Crippen LogP contribution in [-0.2, 0) is 0 Å².